The lowest BCUT2D eigenvalue weighted by molar-refractivity contribution is -0.132. The van der Waals surface area contributed by atoms with Crippen LogP contribution in [0.5, 0.6) is 5.75 Å². The molecule has 0 bridgehead atoms. The van der Waals surface area contributed by atoms with E-state index < -0.39 is 0 Å². The Hall–Kier alpha value is -1.55. The number of fused-ring (bicyclic) bond motifs is 1. The number of hydrogen-bond donors (Lipinski definition) is 2. The minimum Gasteiger partial charge on any atom is -0.508 e. The van der Waals surface area contributed by atoms with Gasteiger partial charge in [-0.3, -0.25) is 10.1 Å². The first kappa shape index (κ1) is 14.9. The summed E-state index contributed by atoms with van der Waals surface area (Å²) in [5.74, 6) is 0.471. The normalized spacial score (nSPS) is 18.6. The molecule has 1 aliphatic rings. The maximum atomic E-state index is 12.3. The molecule has 0 saturated heterocycles. The van der Waals surface area contributed by atoms with Crippen molar-refractivity contribution in [1.29, 1.82) is 0 Å². The molecule has 20 heavy (non-hydrogen) atoms. The van der Waals surface area contributed by atoms with Gasteiger partial charge in [-0.05, 0) is 56.9 Å². The number of carbonyl (C=O) groups excluding carboxylic acids is 1. The Morgan fingerprint density at radius 2 is 2.15 bits per heavy atom. The highest BCUT2D eigenvalue weighted by atomic mass is 16.3. The molecule has 1 aromatic rings. The number of phenolic OH excluding ortho intramolecular Hbond substituents is 1. The quantitative estimate of drug-likeness (QED) is 0.867. The molecule has 4 heteroatoms. The molecular weight excluding hydrogens is 252 g/mol. The van der Waals surface area contributed by atoms with Crippen LogP contribution in [0, 0.1) is 0 Å². The minimum absolute atomic E-state index is 0.155. The zero-order chi connectivity index (χ0) is 14.7. The van der Waals surface area contributed by atoms with Gasteiger partial charge in [0.1, 0.15) is 5.75 Å². The Balaban J connectivity index is 2.04. The summed E-state index contributed by atoms with van der Waals surface area (Å²) in [6, 6.07) is 5.54. The van der Waals surface area contributed by atoms with Crippen molar-refractivity contribution in [3.63, 3.8) is 0 Å². The average Bonchev–Trinajstić information content (AvgIpc) is 2.82. The van der Waals surface area contributed by atoms with E-state index in [9.17, 15) is 9.90 Å². The van der Waals surface area contributed by atoms with E-state index in [1.807, 2.05) is 37.8 Å². The van der Waals surface area contributed by atoms with Crippen molar-refractivity contribution < 1.29 is 9.90 Å². The molecule has 4 nitrogen and oxygen atoms in total. The van der Waals surface area contributed by atoms with Crippen LogP contribution in [0.1, 0.15) is 44.4 Å². The van der Waals surface area contributed by atoms with E-state index in [4.69, 9.17) is 0 Å². The predicted molar refractivity (Wildman–Crippen MR) is 79.7 cm³/mol. The van der Waals surface area contributed by atoms with Crippen molar-refractivity contribution in [2.24, 2.45) is 0 Å². The van der Waals surface area contributed by atoms with E-state index in [0.29, 0.717) is 5.75 Å². The first-order chi connectivity index (χ1) is 9.56. The van der Waals surface area contributed by atoms with Gasteiger partial charge < -0.3 is 10.0 Å². The van der Waals surface area contributed by atoms with Crippen molar-refractivity contribution in [3.05, 3.63) is 29.3 Å². The van der Waals surface area contributed by atoms with Crippen LogP contribution in [0.2, 0.25) is 0 Å². The number of rotatable bonds is 5. The van der Waals surface area contributed by atoms with Gasteiger partial charge >= 0.3 is 0 Å². The van der Waals surface area contributed by atoms with E-state index in [2.05, 4.69) is 5.32 Å². The van der Waals surface area contributed by atoms with E-state index in [-0.39, 0.29) is 18.0 Å². The second-order valence-electron chi connectivity index (χ2n) is 5.37. The van der Waals surface area contributed by atoms with Gasteiger partial charge in [-0.15, -0.1) is 0 Å². The van der Waals surface area contributed by atoms with Crippen molar-refractivity contribution >= 4 is 5.91 Å². The highest BCUT2D eigenvalue weighted by molar-refractivity contribution is 5.81. The van der Waals surface area contributed by atoms with Crippen LogP contribution in [0.15, 0.2) is 18.2 Å². The molecule has 0 spiro atoms. The van der Waals surface area contributed by atoms with Crippen molar-refractivity contribution in [3.8, 4) is 5.75 Å². The van der Waals surface area contributed by atoms with Crippen molar-refractivity contribution in [2.75, 3.05) is 13.1 Å². The molecule has 0 aliphatic heterocycles. The molecule has 0 aromatic heterocycles. The standard InChI is InChI=1S/C16H24N2O2/c1-4-18(5-2)16(20)11(3)17-15-9-6-12-10-13(19)7-8-14(12)15/h7-8,10-11,15,17,19H,4-6,9H2,1-3H3. The summed E-state index contributed by atoms with van der Waals surface area (Å²) >= 11 is 0. The third-order valence-electron chi connectivity index (χ3n) is 4.10. The van der Waals surface area contributed by atoms with Crippen LogP contribution in [-0.4, -0.2) is 35.0 Å². The fourth-order valence-corrected chi connectivity index (χ4v) is 2.96. The van der Waals surface area contributed by atoms with Gasteiger partial charge in [0.15, 0.2) is 0 Å². The Bertz CT molecular complexity index is 483. The highest BCUT2D eigenvalue weighted by Gasteiger charge is 2.27. The Kier molecular flexibility index (Phi) is 4.65. The zero-order valence-electron chi connectivity index (χ0n) is 12.5. The first-order valence-corrected chi connectivity index (χ1v) is 7.43. The predicted octanol–water partition coefficient (Wildman–Crippen LogP) is 2.23. The molecule has 2 rings (SSSR count). The van der Waals surface area contributed by atoms with Crippen LogP contribution in [-0.2, 0) is 11.2 Å². The summed E-state index contributed by atoms with van der Waals surface area (Å²) in [6.07, 6.45) is 1.93. The maximum Gasteiger partial charge on any atom is 0.239 e. The van der Waals surface area contributed by atoms with E-state index in [1.54, 1.807) is 6.07 Å². The number of hydrogen-bond acceptors (Lipinski definition) is 3. The van der Waals surface area contributed by atoms with E-state index in [0.717, 1.165) is 25.9 Å². The van der Waals surface area contributed by atoms with Crippen molar-refractivity contribution in [1.82, 2.24) is 10.2 Å². The molecule has 110 valence electrons. The molecule has 1 aromatic carbocycles. The Morgan fingerprint density at radius 1 is 1.45 bits per heavy atom. The number of nitrogens with one attached hydrogen (secondary N) is 1. The second-order valence-corrected chi connectivity index (χ2v) is 5.37. The van der Waals surface area contributed by atoms with Gasteiger partial charge in [-0.2, -0.15) is 0 Å². The fraction of sp³-hybridized carbons (Fsp3) is 0.562. The number of aromatic hydroxyl groups is 1. The lowest BCUT2D eigenvalue weighted by atomic mass is 10.1. The van der Waals surface area contributed by atoms with E-state index in [1.165, 1.54) is 11.1 Å². The van der Waals surface area contributed by atoms with Gasteiger partial charge in [-0.25, -0.2) is 0 Å². The molecule has 2 unspecified atom stereocenters. The number of carbonyl (C=O) groups is 1. The number of nitrogens with zero attached hydrogens (tertiary/aromatic N) is 1. The van der Waals surface area contributed by atoms with Crippen molar-refractivity contribution in [2.45, 2.75) is 45.7 Å². The number of phenols is 1. The Labute approximate surface area is 120 Å². The summed E-state index contributed by atoms with van der Waals surface area (Å²) in [5.41, 5.74) is 2.40. The third kappa shape index (κ3) is 2.96. The molecule has 1 aliphatic carbocycles. The number of likely N-dealkylation sites (N-methyl/N-ethyl adjacent to an activating group) is 1. The summed E-state index contributed by atoms with van der Waals surface area (Å²) in [7, 11) is 0. The van der Waals surface area contributed by atoms with Gasteiger partial charge in [0.05, 0.1) is 6.04 Å². The molecular formula is C16H24N2O2. The Morgan fingerprint density at radius 3 is 2.80 bits per heavy atom. The topological polar surface area (TPSA) is 52.6 Å². The van der Waals surface area contributed by atoms with Crippen LogP contribution in [0.25, 0.3) is 0 Å². The first-order valence-electron chi connectivity index (χ1n) is 7.43. The lowest BCUT2D eigenvalue weighted by Gasteiger charge is -2.26. The average molecular weight is 276 g/mol. The second kappa shape index (κ2) is 6.27. The SMILES string of the molecule is CCN(CC)C(=O)C(C)NC1CCc2cc(O)ccc21. The molecule has 0 radical (unpaired) electrons. The van der Waals surface area contributed by atoms with Gasteiger partial charge in [-0.1, -0.05) is 6.07 Å². The maximum absolute atomic E-state index is 12.3. The fourth-order valence-electron chi connectivity index (χ4n) is 2.96. The highest BCUT2D eigenvalue weighted by Crippen LogP contribution is 2.33. The van der Waals surface area contributed by atoms with Gasteiger partial charge in [0, 0.05) is 19.1 Å². The van der Waals surface area contributed by atoms with Gasteiger partial charge in [0.25, 0.3) is 0 Å². The van der Waals surface area contributed by atoms with Crippen LogP contribution in [0.3, 0.4) is 0 Å². The zero-order valence-corrected chi connectivity index (χ0v) is 12.5. The lowest BCUT2D eigenvalue weighted by Crippen LogP contribution is -2.45. The third-order valence-corrected chi connectivity index (χ3v) is 4.10. The molecule has 2 N–H and O–H groups in total. The van der Waals surface area contributed by atoms with Crippen LogP contribution >= 0.6 is 0 Å². The molecule has 2 atom stereocenters. The minimum atomic E-state index is -0.181. The summed E-state index contributed by atoms with van der Waals surface area (Å²) in [6.45, 7) is 7.43. The smallest absolute Gasteiger partial charge is 0.239 e. The van der Waals surface area contributed by atoms with Crippen LogP contribution < -0.4 is 5.32 Å². The molecule has 0 fully saturated rings. The summed E-state index contributed by atoms with van der Waals surface area (Å²) < 4.78 is 0. The number of aryl methyl sites for hydroxylation is 1. The molecule has 0 heterocycles. The van der Waals surface area contributed by atoms with E-state index >= 15 is 0 Å². The largest absolute Gasteiger partial charge is 0.508 e. The summed E-state index contributed by atoms with van der Waals surface area (Å²) in [5, 5.41) is 12.9. The number of benzene rings is 1. The van der Waals surface area contributed by atoms with Gasteiger partial charge in [0.2, 0.25) is 5.91 Å². The molecule has 0 saturated carbocycles. The molecule has 1 amide bonds. The number of amides is 1. The summed E-state index contributed by atoms with van der Waals surface area (Å²) in [4.78, 5) is 14.1. The monoisotopic (exact) mass is 276 g/mol. The van der Waals surface area contributed by atoms with Crippen LogP contribution in [0.4, 0.5) is 0 Å².